The van der Waals surface area contributed by atoms with E-state index in [4.69, 9.17) is 14.2 Å². The lowest BCUT2D eigenvalue weighted by Crippen LogP contribution is -2.20. The van der Waals surface area contributed by atoms with Crippen LogP contribution in [0.15, 0.2) is 88.8 Å². The Hall–Kier alpha value is -3.66. The van der Waals surface area contributed by atoms with Gasteiger partial charge in [0.05, 0.1) is 29.8 Å². The van der Waals surface area contributed by atoms with Crippen LogP contribution in [-0.2, 0) is 12.8 Å². The number of para-hydroxylation sites is 1. The topological polar surface area (TPSA) is 74.9 Å². The quantitative estimate of drug-likeness (QED) is 0.132. The Morgan fingerprint density at radius 2 is 1.71 bits per heavy atom. The van der Waals surface area contributed by atoms with Crippen LogP contribution in [0, 0.1) is 7.14 Å². The van der Waals surface area contributed by atoms with Crippen molar-refractivity contribution < 1.29 is 27.4 Å². The summed E-state index contributed by atoms with van der Waals surface area (Å²) < 4.78 is 59.9. The van der Waals surface area contributed by atoms with Crippen molar-refractivity contribution in [2.24, 2.45) is 5.10 Å². The summed E-state index contributed by atoms with van der Waals surface area (Å²) in [4.78, 5) is 18.0. The number of alkyl halides is 3. The van der Waals surface area contributed by atoms with Gasteiger partial charge in [0.2, 0.25) is 6.79 Å². The molecule has 7 nitrogen and oxygen atoms in total. The first kappa shape index (κ1) is 28.5. The Morgan fingerprint density at radius 3 is 2.50 bits per heavy atom. The Kier molecular flexibility index (Phi) is 7.83. The van der Waals surface area contributed by atoms with Gasteiger partial charge in [0.1, 0.15) is 12.4 Å². The molecule has 4 aromatic carbocycles. The molecule has 12 heteroatoms. The van der Waals surface area contributed by atoms with Crippen molar-refractivity contribution in [3.63, 3.8) is 0 Å². The Balaban J connectivity index is 1.33. The molecule has 0 saturated carbocycles. The fourth-order valence-corrected chi connectivity index (χ4v) is 6.48. The first-order valence-corrected chi connectivity index (χ1v) is 14.6. The predicted molar refractivity (Wildman–Crippen MR) is 168 cm³/mol. The molecule has 0 atom stereocenters. The van der Waals surface area contributed by atoms with E-state index in [2.05, 4.69) is 55.3 Å². The third-order valence-corrected chi connectivity index (χ3v) is 7.97. The summed E-state index contributed by atoms with van der Waals surface area (Å²) >= 11 is 4.32. The van der Waals surface area contributed by atoms with Gasteiger partial charge >= 0.3 is 6.18 Å². The van der Waals surface area contributed by atoms with Crippen LogP contribution in [0.5, 0.6) is 17.2 Å². The van der Waals surface area contributed by atoms with Gasteiger partial charge in [-0.15, -0.1) is 0 Å². The van der Waals surface area contributed by atoms with Crippen molar-refractivity contribution in [1.29, 1.82) is 0 Å². The minimum Gasteiger partial charge on any atom is -0.487 e. The SMILES string of the molecule is O=c1c2ccccc2nc(-c2cccc(C(F)(F)F)c2)n1N=Cc1cc(I)c(OCc2ccc3c(c2)OCO3)c(I)c1. The second-order valence-electron chi connectivity index (χ2n) is 9.18. The zero-order valence-corrected chi connectivity index (χ0v) is 25.7. The average Bonchev–Trinajstić information content (AvgIpc) is 3.44. The molecule has 6 rings (SSSR count). The van der Waals surface area contributed by atoms with E-state index in [0.717, 1.165) is 29.5 Å². The molecular formula is C30H18F3I2N3O4. The molecule has 2 heterocycles. The van der Waals surface area contributed by atoms with Gasteiger partial charge < -0.3 is 14.2 Å². The van der Waals surface area contributed by atoms with Gasteiger partial charge in [0, 0.05) is 5.56 Å². The standard InChI is InChI=1S/C30H18F3I2N3O4/c31-30(32,33)20-5-3-4-19(13-20)28-37-24-7-2-1-6-21(24)29(39)38(28)36-14-18-10-22(34)27(23(35)11-18)40-15-17-8-9-25-26(12-17)42-16-41-25/h1-14H,15-16H2. The zero-order chi connectivity index (χ0) is 29.4. The number of halogens is 5. The van der Waals surface area contributed by atoms with Crippen LogP contribution in [0.4, 0.5) is 13.2 Å². The molecule has 5 aromatic rings. The molecule has 1 aliphatic rings. The van der Waals surface area contributed by atoms with Crippen LogP contribution >= 0.6 is 45.2 Å². The number of fused-ring (bicyclic) bond motifs is 2. The highest BCUT2D eigenvalue weighted by Crippen LogP contribution is 2.35. The predicted octanol–water partition coefficient (Wildman–Crippen LogP) is 7.48. The Labute approximate surface area is 264 Å². The lowest BCUT2D eigenvalue weighted by molar-refractivity contribution is -0.137. The number of hydrogen-bond acceptors (Lipinski definition) is 6. The molecule has 0 radical (unpaired) electrons. The molecule has 212 valence electrons. The third-order valence-electron chi connectivity index (χ3n) is 6.36. The summed E-state index contributed by atoms with van der Waals surface area (Å²) in [5.41, 5.74) is 0.697. The molecule has 0 amide bonds. The van der Waals surface area contributed by atoms with E-state index in [9.17, 15) is 18.0 Å². The monoisotopic (exact) mass is 795 g/mol. The Bertz CT molecular complexity index is 1900. The van der Waals surface area contributed by atoms with Crippen molar-refractivity contribution in [2.45, 2.75) is 12.8 Å². The summed E-state index contributed by atoms with van der Waals surface area (Å²) in [6.45, 7) is 0.510. The van der Waals surface area contributed by atoms with E-state index in [0.29, 0.717) is 40.3 Å². The molecule has 0 fully saturated rings. The van der Waals surface area contributed by atoms with Gasteiger partial charge in [-0.3, -0.25) is 4.79 Å². The average molecular weight is 795 g/mol. The fraction of sp³-hybridized carbons (Fsp3) is 0.100. The number of aromatic nitrogens is 2. The van der Waals surface area contributed by atoms with Gasteiger partial charge in [0.15, 0.2) is 17.3 Å². The third kappa shape index (κ3) is 5.82. The molecule has 1 aromatic heterocycles. The molecular weight excluding hydrogens is 777 g/mol. The molecule has 1 aliphatic heterocycles. The highest BCUT2D eigenvalue weighted by molar-refractivity contribution is 14.1. The maximum atomic E-state index is 13.5. The van der Waals surface area contributed by atoms with Crippen molar-refractivity contribution in [3.05, 3.63) is 113 Å². The molecule has 0 aliphatic carbocycles. The normalized spacial score (nSPS) is 12.8. The van der Waals surface area contributed by atoms with Gasteiger partial charge in [-0.1, -0.05) is 30.3 Å². The van der Waals surface area contributed by atoms with Crippen LogP contribution < -0.4 is 19.8 Å². The summed E-state index contributed by atoms with van der Waals surface area (Å²) in [7, 11) is 0. The van der Waals surface area contributed by atoms with E-state index < -0.39 is 17.3 Å². The number of benzene rings is 4. The highest BCUT2D eigenvalue weighted by Gasteiger charge is 2.31. The number of ether oxygens (including phenoxy) is 3. The second kappa shape index (κ2) is 11.6. The van der Waals surface area contributed by atoms with Crippen LogP contribution in [0.25, 0.3) is 22.3 Å². The van der Waals surface area contributed by atoms with E-state index in [1.165, 1.54) is 18.3 Å². The summed E-state index contributed by atoms with van der Waals surface area (Å²) in [6.07, 6.45) is -3.08. The van der Waals surface area contributed by atoms with Gasteiger partial charge in [0.25, 0.3) is 5.56 Å². The lowest BCUT2D eigenvalue weighted by atomic mass is 10.1. The van der Waals surface area contributed by atoms with E-state index >= 15 is 0 Å². The van der Waals surface area contributed by atoms with E-state index in [-0.39, 0.29) is 18.2 Å². The number of nitrogens with zero attached hydrogens (tertiary/aromatic N) is 3. The van der Waals surface area contributed by atoms with Crippen LogP contribution in [0.2, 0.25) is 0 Å². The van der Waals surface area contributed by atoms with Crippen LogP contribution in [0.1, 0.15) is 16.7 Å². The van der Waals surface area contributed by atoms with Gasteiger partial charge in [-0.25, -0.2) is 4.98 Å². The smallest absolute Gasteiger partial charge is 0.416 e. The van der Waals surface area contributed by atoms with Crippen molar-refractivity contribution in [2.75, 3.05) is 6.79 Å². The summed E-state index contributed by atoms with van der Waals surface area (Å²) in [6, 6.07) is 20.6. The number of hydrogen-bond donors (Lipinski definition) is 0. The first-order valence-electron chi connectivity index (χ1n) is 12.4. The van der Waals surface area contributed by atoms with Crippen LogP contribution in [-0.4, -0.2) is 22.7 Å². The Morgan fingerprint density at radius 1 is 0.952 bits per heavy atom. The van der Waals surface area contributed by atoms with Gasteiger partial charge in [-0.05, 0) is 105 Å². The minimum absolute atomic E-state index is 0.00544. The zero-order valence-electron chi connectivity index (χ0n) is 21.4. The van der Waals surface area contributed by atoms with Crippen LogP contribution in [0.3, 0.4) is 0 Å². The van der Waals surface area contributed by atoms with Crippen molar-refractivity contribution >= 4 is 62.3 Å². The summed E-state index contributed by atoms with van der Waals surface area (Å²) in [5.74, 6) is 2.05. The maximum absolute atomic E-state index is 13.5. The maximum Gasteiger partial charge on any atom is 0.416 e. The van der Waals surface area contributed by atoms with Crippen molar-refractivity contribution in [3.8, 4) is 28.6 Å². The lowest BCUT2D eigenvalue weighted by Gasteiger charge is -2.13. The van der Waals surface area contributed by atoms with E-state index in [1.54, 1.807) is 24.3 Å². The molecule has 0 bridgehead atoms. The second-order valence-corrected chi connectivity index (χ2v) is 11.5. The molecule has 0 unspecified atom stereocenters. The highest BCUT2D eigenvalue weighted by atomic mass is 127. The number of rotatable bonds is 6. The minimum atomic E-state index is -4.55. The van der Waals surface area contributed by atoms with E-state index in [1.807, 2.05) is 30.3 Å². The molecule has 0 spiro atoms. The fourth-order valence-electron chi connectivity index (χ4n) is 4.35. The molecule has 0 saturated heterocycles. The summed E-state index contributed by atoms with van der Waals surface area (Å²) in [5, 5.41) is 4.69. The molecule has 0 N–H and O–H groups in total. The van der Waals surface area contributed by atoms with Crippen molar-refractivity contribution in [1.82, 2.24) is 9.66 Å². The largest absolute Gasteiger partial charge is 0.487 e. The molecule has 42 heavy (non-hydrogen) atoms. The van der Waals surface area contributed by atoms with Gasteiger partial charge in [-0.2, -0.15) is 22.9 Å². The first-order chi connectivity index (χ1) is 20.2.